The van der Waals surface area contributed by atoms with Crippen molar-refractivity contribution >= 4 is 44.8 Å². The number of carbonyl (C=O) groups is 2. The lowest BCUT2D eigenvalue weighted by molar-refractivity contribution is -0.123. The third-order valence-corrected chi connectivity index (χ3v) is 5.82. The zero-order valence-electron chi connectivity index (χ0n) is 18.7. The van der Waals surface area contributed by atoms with E-state index in [-0.39, 0.29) is 6.61 Å². The van der Waals surface area contributed by atoms with Gasteiger partial charge in [-0.1, -0.05) is 30.3 Å². The first-order chi connectivity index (χ1) is 17.0. The highest BCUT2D eigenvalue weighted by Gasteiger charge is 2.10. The summed E-state index contributed by atoms with van der Waals surface area (Å²) in [6.07, 6.45) is 1.49. The van der Waals surface area contributed by atoms with Crippen molar-refractivity contribution in [2.24, 2.45) is 5.10 Å². The average Bonchev–Trinajstić information content (AvgIpc) is 2.89. The zero-order chi connectivity index (χ0) is 24.6. The Morgan fingerprint density at radius 2 is 1.63 bits per heavy atom. The number of benzene rings is 4. The fourth-order valence-electron chi connectivity index (χ4n) is 3.19. The van der Waals surface area contributed by atoms with E-state index in [0.29, 0.717) is 28.4 Å². The number of ether oxygens (including phenoxy) is 3. The van der Waals surface area contributed by atoms with Crippen molar-refractivity contribution in [3.05, 3.63) is 101 Å². The van der Waals surface area contributed by atoms with Crippen LogP contribution in [-0.2, 0) is 4.79 Å². The van der Waals surface area contributed by atoms with E-state index in [4.69, 9.17) is 14.2 Å². The zero-order valence-corrected chi connectivity index (χ0v) is 20.3. The van der Waals surface area contributed by atoms with Crippen LogP contribution in [0.25, 0.3) is 10.8 Å². The Labute approximate surface area is 210 Å². The lowest BCUT2D eigenvalue weighted by Gasteiger charge is -2.09. The molecular weight excluding hydrogens is 512 g/mol. The molecule has 0 aromatic heterocycles. The minimum atomic E-state index is -0.473. The van der Waals surface area contributed by atoms with Gasteiger partial charge in [0.05, 0.1) is 23.4 Å². The van der Waals surface area contributed by atoms with Gasteiger partial charge in [0.15, 0.2) is 6.61 Å². The number of amides is 1. The largest absolute Gasteiger partial charge is 0.497 e. The topological polar surface area (TPSA) is 86.2 Å². The van der Waals surface area contributed by atoms with Gasteiger partial charge in [0.2, 0.25) is 0 Å². The summed E-state index contributed by atoms with van der Waals surface area (Å²) in [5.41, 5.74) is 3.56. The van der Waals surface area contributed by atoms with Gasteiger partial charge in [-0.25, -0.2) is 10.2 Å². The van der Waals surface area contributed by atoms with E-state index in [1.165, 1.54) is 6.21 Å². The number of hydrogen-bond donors (Lipinski definition) is 1. The fraction of sp³-hybridized carbons (Fsp3) is 0.0741. The quantitative estimate of drug-likeness (QED) is 0.143. The molecule has 176 valence electrons. The molecule has 0 fully saturated rings. The molecule has 0 aliphatic rings. The first-order valence-corrected chi connectivity index (χ1v) is 11.4. The van der Waals surface area contributed by atoms with Crippen LogP contribution in [0, 0.1) is 0 Å². The Kier molecular flexibility index (Phi) is 7.74. The van der Waals surface area contributed by atoms with Crippen LogP contribution in [-0.4, -0.2) is 31.8 Å². The van der Waals surface area contributed by atoms with Gasteiger partial charge in [-0.3, -0.25) is 4.79 Å². The first kappa shape index (κ1) is 24.0. The highest BCUT2D eigenvalue weighted by Crippen LogP contribution is 2.32. The highest BCUT2D eigenvalue weighted by molar-refractivity contribution is 9.10. The molecule has 35 heavy (non-hydrogen) atoms. The summed E-state index contributed by atoms with van der Waals surface area (Å²) in [6.45, 7) is -0.186. The molecule has 8 heteroatoms. The van der Waals surface area contributed by atoms with Crippen molar-refractivity contribution in [3.63, 3.8) is 0 Å². The normalized spacial score (nSPS) is 10.8. The number of hydrogen-bond acceptors (Lipinski definition) is 6. The predicted molar refractivity (Wildman–Crippen MR) is 137 cm³/mol. The van der Waals surface area contributed by atoms with Crippen LogP contribution in [0.15, 0.2) is 94.5 Å². The molecule has 0 spiro atoms. The molecule has 0 atom stereocenters. The molecule has 1 amide bonds. The van der Waals surface area contributed by atoms with E-state index >= 15 is 0 Å². The van der Waals surface area contributed by atoms with Crippen molar-refractivity contribution in [2.45, 2.75) is 0 Å². The molecule has 0 aliphatic heterocycles. The van der Waals surface area contributed by atoms with E-state index < -0.39 is 11.9 Å². The number of nitrogens with zero attached hydrogens (tertiary/aromatic N) is 1. The van der Waals surface area contributed by atoms with Crippen LogP contribution in [0.2, 0.25) is 0 Å². The maximum absolute atomic E-state index is 12.2. The van der Waals surface area contributed by atoms with Crippen molar-refractivity contribution in [1.29, 1.82) is 0 Å². The molecule has 1 N–H and O–H groups in total. The second-order valence-corrected chi connectivity index (χ2v) is 8.16. The van der Waals surface area contributed by atoms with Crippen LogP contribution in [0.4, 0.5) is 0 Å². The Morgan fingerprint density at radius 3 is 2.37 bits per heavy atom. The van der Waals surface area contributed by atoms with E-state index in [9.17, 15) is 9.59 Å². The Morgan fingerprint density at radius 1 is 0.914 bits per heavy atom. The van der Waals surface area contributed by atoms with Gasteiger partial charge >= 0.3 is 5.97 Å². The van der Waals surface area contributed by atoms with Gasteiger partial charge in [-0.2, -0.15) is 5.10 Å². The van der Waals surface area contributed by atoms with E-state index in [2.05, 4.69) is 26.5 Å². The minimum Gasteiger partial charge on any atom is -0.497 e. The number of methoxy groups -OCH3 is 1. The molecule has 7 nitrogen and oxygen atoms in total. The van der Waals surface area contributed by atoms with Crippen LogP contribution < -0.4 is 19.6 Å². The number of fused-ring (bicyclic) bond motifs is 1. The maximum atomic E-state index is 12.2. The lowest BCUT2D eigenvalue weighted by atomic mass is 10.1. The van der Waals surface area contributed by atoms with Gasteiger partial charge in [0.25, 0.3) is 5.91 Å². The van der Waals surface area contributed by atoms with Crippen molar-refractivity contribution in [3.8, 4) is 17.2 Å². The molecule has 4 aromatic rings. The van der Waals surface area contributed by atoms with Gasteiger partial charge in [0.1, 0.15) is 17.2 Å². The van der Waals surface area contributed by atoms with Gasteiger partial charge in [-0.15, -0.1) is 0 Å². The van der Waals surface area contributed by atoms with Gasteiger partial charge < -0.3 is 14.2 Å². The summed E-state index contributed by atoms with van der Waals surface area (Å²) >= 11 is 3.53. The smallest absolute Gasteiger partial charge is 0.343 e. The van der Waals surface area contributed by atoms with Crippen molar-refractivity contribution in [2.75, 3.05) is 13.7 Å². The number of rotatable bonds is 8. The standard InChI is InChI=1S/C27H21BrN2O5/c1-33-21-13-8-20(9-14-21)27(32)35-22-11-6-18(7-12-22)16-29-30-25(31)17-34-24-15-10-19-4-2-3-5-23(19)26(24)28/h2-16H,17H2,1H3,(H,30,31)/b29-16+. The van der Waals surface area contributed by atoms with E-state index in [1.54, 1.807) is 55.6 Å². The summed E-state index contributed by atoms with van der Waals surface area (Å²) in [6, 6.07) is 25.0. The number of hydrazone groups is 1. The van der Waals surface area contributed by atoms with Crippen LogP contribution >= 0.6 is 15.9 Å². The summed E-state index contributed by atoms with van der Waals surface area (Å²) in [4.78, 5) is 24.3. The summed E-state index contributed by atoms with van der Waals surface area (Å²) < 4.78 is 16.9. The maximum Gasteiger partial charge on any atom is 0.343 e. The summed E-state index contributed by atoms with van der Waals surface area (Å²) in [7, 11) is 1.56. The highest BCUT2D eigenvalue weighted by atomic mass is 79.9. The molecule has 4 rings (SSSR count). The first-order valence-electron chi connectivity index (χ1n) is 10.6. The average molecular weight is 533 g/mol. The second-order valence-electron chi connectivity index (χ2n) is 7.37. The SMILES string of the molecule is COc1ccc(C(=O)Oc2ccc(/C=N/NC(=O)COc3ccc4ccccc4c3Br)cc2)cc1. The van der Waals surface area contributed by atoms with Gasteiger partial charge in [0, 0.05) is 0 Å². The minimum absolute atomic E-state index is 0.186. The Balaban J connectivity index is 1.26. The van der Waals surface area contributed by atoms with E-state index in [1.807, 2.05) is 36.4 Å². The van der Waals surface area contributed by atoms with Crippen LogP contribution in [0.1, 0.15) is 15.9 Å². The molecule has 0 radical (unpaired) electrons. The second kappa shape index (κ2) is 11.3. The fourth-order valence-corrected chi connectivity index (χ4v) is 3.80. The molecular formula is C27H21BrN2O5. The van der Waals surface area contributed by atoms with Crippen molar-refractivity contribution < 1.29 is 23.8 Å². The molecule has 0 bridgehead atoms. The van der Waals surface area contributed by atoms with Crippen molar-refractivity contribution in [1.82, 2.24) is 5.43 Å². The molecule has 0 unspecified atom stereocenters. The van der Waals surface area contributed by atoms with Crippen LogP contribution in [0.3, 0.4) is 0 Å². The molecule has 0 heterocycles. The van der Waals surface area contributed by atoms with Gasteiger partial charge in [-0.05, 0) is 86.9 Å². The number of esters is 1. The molecule has 4 aromatic carbocycles. The third-order valence-electron chi connectivity index (χ3n) is 5.01. The number of carbonyl (C=O) groups excluding carboxylic acids is 2. The Bertz CT molecular complexity index is 1370. The molecule has 0 saturated carbocycles. The lowest BCUT2D eigenvalue weighted by Crippen LogP contribution is -2.24. The molecule has 0 aliphatic carbocycles. The predicted octanol–water partition coefficient (Wildman–Crippen LogP) is 5.36. The van der Waals surface area contributed by atoms with E-state index in [0.717, 1.165) is 15.2 Å². The third kappa shape index (κ3) is 6.24. The molecule has 0 saturated heterocycles. The number of halogens is 1. The summed E-state index contributed by atoms with van der Waals surface area (Å²) in [5, 5.41) is 6.02. The Hall–Kier alpha value is -4.17. The van der Waals surface area contributed by atoms with Crippen LogP contribution in [0.5, 0.6) is 17.2 Å². The monoisotopic (exact) mass is 532 g/mol. The number of nitrogens with one attached hydrogen (secondary N) is 1. The summed E-state index contributed by atoms with van der Waals surface area (Å²) in [5.74, 6) is 0.750.